The number of ether oxygens (including phenoxy) is 1. The van der Waals surface area contributed by atoms with Crippen molar-refractivity contribution >= 4 is 5.97 Å². The topological polar surface area (TPSA) is 38.3 Å². The van der Waals surface area contributed by atoms with E-state index < -0.39 is 5.54 Å². The van der Waals surface area contributed by atoms with Gasteiger partial charge in [-0.15, -0.1) is 0 Å². The molecule has 1 N–H and O–H groups in total. The van der Waals surface area contributed by atoms with E-state index in [4.69, 9.17) is 4.74 Å². The van der Waals surface area contributed by atoms with Crippen molar-refractivity contribution in [2.24, 2.45) is 11.3 Å². The van der Waals surface area contributed by atoms with Gasteiger partial charge in [0.15, 0.2) is 0 Å². The number of methoxy groups -OCH3 is 1. The molecule has 2 aliphatic rings. The maximum absolute atomic E-state index is 12.3. The van der Waals surface area contributed by atoms with Gasteiger partial charge in [-0.1, -0.05) is 33.6 Å². The summed E-state index contributed by atoms with van der Waals surface area (Å²) in [6.45, 7) is 6.70. The van der Waals surface area contributed by atoms with Gasteiger partial charge in [0.2, 0.25) is 0 Å². The second kappa shape index (κ2) is 4.84. The first-order valence-electron chi connectivity index (χ1n) is 7.26. The third-order valence-electron chi connectivity index (χ3n) is 4.82. The van der Waals surface area contributed by atoms with Gasteiger partial charge >= 0.3 is 5.97 Å². The third kappa shape index (κ3) is 2.42. The van der Waals surface area contributed by atoms with Crippen LogP contribution in [0.1, 0.15) is 59.3 Å². The summed E-state index contributed by atoms with van der Waals surface area (Å²) >= 11 is 0. The molecule has 0 amide bonds. The van der Waals surface area contributed by atoms with E-state index in [9.17, 15) is 4.79 Å². The van der Waals surface area contributed by atoms with Crippen LogP contribution in [0.15, 0.2) is 0 Å². The molecule has 0 aromatic carbocycles. The predicted molar refractivity (Wildman–Crippen MR) is 72.3 cm³/mol. The Balaban J connectivity index is 2.20. The smallest absolute Gasteiger partial charge is 0.326 e. The standard InChI is InChI=1S/C15H27NO2/c1-11-9-14(2,3)10-15(11,13(17)18-4)16-12-7-5-6-8-12/h11-12,16H,5-10H2,1-4H3. The highest BCUT2D eigenvalue weighted by Gasteiger charge is 2.55. The van der Waals surface area contributed by atoms with Crippen LogP contribution in [-0.2, 0) is 9.53 Å². The highest BCUT2D eigenvalue weighted by molar-refractivity contribution is 5.82. The van der Waals surface area contributed by atoms with Crippen molar-refractivity contribution in [3.05, 3.63) is 0 Å². The van der Waals surface area contributed by atoms with Crippen LogP contribution in [0, 0.1) is 11.3 Å². The molecule has 2 fully saturated rings. The molecule has 18 heavy (non-hydrogen) atoms. The summed E-state index contributed by atoms with van der Waals surface area (Å²) in [5.41, 5.74) is -0.230. The first-order chi connectivity index (χ1) is 8.39. The SMILES string of the molecule is COC(=O)C1(NC2CCCC2)CC(C)(C)CC1C. The van der Waals surface area contributed by atoms with E-state index in [0.717, 1.165) is 12.8 Å². The Morgan fingerprint density at radius 2 is 1.89 bits per heavy atom. The largest absolute Gasteiger partial charge is 0.468 e. The van der Waals surface area contributed by atoms with Gasteiger partial charge < -0.3 is 4.74 Å². The zero-order valence-electron chi connectivity index (χ0n) is 12.2. The Kier molecular flexibility index (Phi) is 3.72. The molecule has 2 rings (SSSR count). The fourth-order valence-corrected chi connectivity index (χ4v) is 4.15. The molecule has 104 valence electrons. The minimum Gasteiger partial charge on any atom is -0.468 e. The quantitative estimate of drug-likeness (QED) is 0.786. The van der Waals surface area contributed by atoms with Crippen molar-refractivity contribution in [2.75, 3.05) is 7.11 Å². The van der Waals surface area contributed by atoms with E-state index in [2.05, 4.69) is 26.1 Å². The highest BCUT2D eigenvalue weighted by atomic mass is 16.5. The van der Waals surface area contributed by atoms with Gasteiger partial charge in [0.25, 0.3) is 0 Å². The van der Waals surface area contributed by atoms with Gasteiger partial charge in [0.1, 0.15) is 5.54 Å². The Morgan fingerprint density at radius 1 is 1.28 bits per heavy atom. The lowest BCUT2D eigenvalue weighted by atomic mass is 9.85. The van der Waals surface area contributed by atoms with Gasteiger partial charge in [0, 0.05) is 6.04 Å². The van der Waals surface area contributed by atoms with Crippen LogP contribution in [0.2, 0.25) is 0 Å². The van der Waals surface area contributed by atoms with Crippen LogP contribution in [0.25, 0.3) is 0 Å². The number of esters is 1. The van der Waals surface area contributed by atoms with E-state index in [-0.39, 0.29) is 11.4 Å². The van der Waals surface area contributed by atoms with E-state index in [1.807, 2.05) is 0 Å². The van der Waals surface area contributed by atoms with Crippen molar-refractivity contribution in [3.8, 4) is 0 Å². The number of rotatable bonds is 3. The molecule has 0 aliphatic heterocycles. The average Bonchev–Trinajstić information content (AvgIpc) is 2.85. The van der Waals surface area contributed by atoms with Gasteiger partial charge in [-0.05, 0) is 37.0 Å². The molecule has 0 saturated heterocycles. The predicted octanol–water partition coefficient (Wildman–Crippen LogP) is 2.89. The van der Waals surface area contributed by atoms with E-state index >= 15 is 0 Å². The van der Waals surface area contributed by atoms with E-state index in [1.54, 1.807) is 0 Å². The molecule has 3 heteroatoms. The lowest BCUT2D eigenvalue weighted by molar-refractivity contribution is -0.150. The summed E-state index contributed by atoms with van der Waals surface area (Å²) < 4.78 is 5.11. The summed E-state index contributed by atoms with van der Waals surface area (Å²) in [5.74, 6) is 0.285. The zero-order valence-corrected chi connectivity index (χ0v) is 12.2. The Labute approximate surface area is 111 Å². The van der Waals surface area contributed by atoms with Gasteiger partial charge in [0.05, 0.1) is 7.11 Å². The highest BCUT2D eigenvalue weighted by Crippen LogP contribution is 2.48. The van der Waals surface area contributed by atoms with E-state index in [0.29, 0.717) is 12.0 Å². The number of hydrogen-bond donors (Lipinski definition) is 1. The molecule has 2 unspecified atom stereocenters. The third-order valence-corrected chi connectivity index (χ3v) is 4.82. The van der Waals surface area contributed by atoms with Crippen LogP contribution in [-0.4, -0.2) is 24.7 Å². The molecule has 2 atom stereocenters. The Bertz CT molecular complexity index is 320. The van der Waals surface area contributed by atoms with Gasteiger partial charge in [-0.2, -0.15) is 0 Å². The van der Waals surface area contributed by atoms with Crippen molar-refractivity contribution in [1.29, 1.82) is 0 Å². The zero-order chi connectivity index (χ0) is 13.4. The van der Waals surface area contributed by atoms with Gasteiger partial charge in [-0.25, -0.2) is 0 Å². The molecule has 0 heterocycles. The monoisotopic (exact) mass is 253 g/mol. The van der Waals surface area contributed by atoms with Crippen molar-refractivity contribution in [1.82, 2.24) is 5.32 Å². The minimum atomic E-state index is -0.451. The second-order valence-corrected chi connectivity index (χ2v) is 7.03. The first-order valence-corrected chi connectivity index (χ1v) is 7.26. The Hall–Kier alpha value is -0.570. The average molecular weight is 253 g/mol. The maximum Gasteiger partial charge on any atom is 0.326 e. The Morgan fingerprint density at radius 3 is 2.33 bits per heavy atom. The molecular weight excluding hydrogens is 226 g/mol. The lowest BCUT2D eigenvalue weighted by Crippen LogP contribution is -2.58. The summed E-state index contributed by atoms with van der Waals surface area (Å²) in [6, 6.07) is 0.500. The normalized spacial score (nSPS) is 35.9. The molecule has 2 saturated carbocycles. The number of carbonyl (C=O) groups is 1. The van der Waals surface area contributed by atoms with E-state index in [1.165, 1.54) is 32.8 Å². The summed E-state index contributed by atoms with van der Waals surface area (Å²) in [6.07, 6.45) is 6.95. The summed E-state index contributed by atoms with van der Waals surface area (Å²) in [7, 11) is 1.51. The van der Waals surface area contributed by atoms with Crippen LogP contribution in [0.5, 0.6) is 0 Å². The fraction of sp³-hybridized carbons (Fsp3) is 0.933. The molecule has 0 spiro atoms. The summed E-state index contributed by atoms with van der Waals surface area (Å²) in [4.78, 5) is 12.3. The molecular formula is C15H27NO2. The van der Waals surface area contributed by atoms with Crippen molar-refractivity contribution in [3.63, 3.8) is 0 Å². The number of carbonyl (C=O) groups excluding carboxylic acids is 1. The van der Waals surface area contributed by atoms with Crippen LogP contribution >= 0.6 is 0 Å². The van der Waals surface area contributed by atoms with Crippen LogP contribution in [0.4, 0.5) is 0 Å². The molecule has 0 bridgehead atoms. The lowest BCUT2D eigenvalue weighted by Gasteiger charge is -2.35. The molecule has 0 radical (unpaired) electrons. The molecule has 3 nitrogen and oxygen atoms in total. The van der Waals surface area contributed by atoms with Crippen LogP contribution in [0.3, 0.4) is 0 Å². The molecule has 2 aliphatic carbocycles. The van der Waals surface area contributed by atoms with Crippen molar-refractivity contribution < 1.29 is 9.53 Å². The molecule has 0 aromatic rings. The van der Waals surface area contributed by atoms with Gasteiger partial charge in [-0.3, -0.25) is 10.1 Å². The summed E-state index contributed by atoms with van der Waals surface area (Å²) in [5, 5.41) is 3.67. The van der Waals surface area contributed by atoms with Crippen molar-refractivity contribution in [2.45, 2.75) is 70.9 Å². The maximum atomic E-state index is 12.3. The number of nitrogens with one attached hydrogen (secondary N) is 1. The fourth-order valence-electron chi connectivity index (χ4n) is 4.15. The number of hydrogen-bond acceptors (Lipinski definition) is 3. The first kappa shape index (κ1) is 13.9. The minimum absolute atomic E-state index is 0.0625. The van der Waals surface area contributed by atoms with Crippen LogP contribution < -0.4 is 5.32 Å². The molecule has 0 aromatic heterocycles. The second-order valence-electron chi connectivity index (χ2n) is 7.03.